The fourth-order valence-corrected chi connectivity index (χ4v) is 2.37. The number of nitrogens with zero attached hydrogens (tertiary/aromatic N) is 2. The Hall–Kier alpha value is -2.67. The first-order valence-corrected chi connectivity index (χ1v) is 9.07. The lowest BCUT2D eigenvalue weighted by atomic mass is 10.1. The zero-order valence-corrected chi connectivity index (χ0v) is 16.1. The lowest BCUT2D eigenvalue weighted by molar-refractivity contribution is 0.0942. The number of nitrogens with one attached hydrogen (secondary N) is 1. The molecule has 1 heterocycles. The topological polar surface area (TPSA) is 82.5 Å². The third-order valence-corrected chi connectivity index (χ3v) is 3.97. The molecule has 2 aromatic rings. The minimum Gasteiger partial charge on any atom is -0.493 e. The zero-order chi connectivity index (χ0) is 19.6. The van der Waals surface area contributed by atoms with Gasteiger partial charge in [0.25, 0.3) is 11.5 Å². The van der Waals surface area contributed by atoms with Gasteiger partial charge in [-0.2, -0.15) is 5.10 Å². The average molecular weight is 373 g/mol. The molecule has 0 radical (unpaired) electrons. The first-order valence-electron chi connectivity index (χ1n) is 9.07. The molecule has 146 valence electrons. The molecule has 0 atom stereocenters. The summed E-state index contributed by atoms with van der Waals surface area (Å²) in [6, 6.07) is 10.4. The third kappa shape index (κ3) is 6.53. The van der Waals surface area contributed by atoms with Crippen molar-refractivity contribution in [2.24, 2.45) is 5.92 Å². The Morgan fingerprint density at radius 3 is 2.70 bits per heavy atom. The monoisotopic (exact) mass is 373 g/mol. The van der Waals surface area contributed by atoms with Crippen LogP contribution in [0.1, 0.15) is 36.3 Å². The van der Waals surface area contributed by atoms with E-state index < -0.39 is 0 Å². The first kappa shape index (κ1) is 20.6. The van der Waals surface area contributed by atoms with Crippen molar-refractivity contribution >= 4 is 5.91 Å². The van der Waals surface area contributed by atoms with Crippen LogP contribution in [0.5, 0.6) is 5.75 Å². The Morgan fingerprint density at radius 1 is 1.19 bits per heavy atom. The van der Waals surface area contributed by atoms with E-state index in [0.29, 0.717) is 32.2 Å². The van der Waals surface area contributed by atoms with Gasteiger partial charge in [-0.05, 0) is 24.5 Å². The van der Waals surface area contributed by atoms with E-state index in [-0.39, 0.29) is 17.2 Å². The van der Waals surface area contributed by atoms with Gasteiger partial charge < -0.3 is 14.8 Å². The van der Waals surface area contributed by atoms with Gasteiger partial charge in [0.1, 0.15) is 11.4 Å². The Balaban J connectivity index is 2.00. The highest BCUT2D eigenvalue weighted by atomic mass is 16.5. The van der Waals surface area contributed by atoms with Gasteiger partial charge in [0, 0.05) is 25.3 Å². The van der Waals surface area contributed by atoms with Gasteiger partial charge in [-0.3, -0.25) is 9.59 Å². The number of hydrogen-bond donors (Lipinski definition) is 1. The Morgan fingerprint density at radius 2 is 1.96 bits per heavy atom. The lowest BCUT2D eigenvalue weighted by Gasteiger charge is -2.13. The summed E-state index contributed by atoms with van der Waals surface area (Å²) in [6.07, 6.45) is 0.966. The van der Waals surface area contributed by atoms with E-state index in [9.17, 15) is 9.59 Å². The fraction of sp³-hybridized carbons (Fsp3) is 0.450. The van der Waals surface area contributed by atoms with Gasteiger partial charge in [0.05, 0.1) is 19.8 Å². The molecule has 1 aromatic heterocycles. The summed E-state index contributed by atoms with van der Waals surface area (Å²) >= 11 is 0. The van der Waals surface area contributed by atoms with Crippen molar-refractivity contribution in [3.05, 3.63) is 58.0 Å². The van der Waals surface area contributed by atoms with Crippen LogP contribution < -0.4 is 15.6 Å². The minimum absolute atomic E-state index is 0.184. The van der Waals surface area contributed by atoms with Gasteiger partial charge >= 0.3 is 0 Å². The second kappa shape index (κ2) is 10.5. The van der Waals surface area contributed by atoms with Crippen LogP contribution in [0.15, 0.2) is 41.2 Å². The molecule has 0 bridgehead atoms. The Kier molecular flexibility index (Phi) is 8.00. The molecule has 7 nitrogen and oxygen atoms in total. The van der Waals surface area contributed by atoms with Gasteiger partial charge in [-0.15, -0.1) is 0 Å². The number of ether oxygens (including phenoxy) is 2. The smallest absolute Gasteiger partial charge is 0.271 e. The number of carbonyl (C=O) groups is 1. The van der Waals surface area contributed by atoms with Gasteiger partial charge in [-0.25, -0.2) is 4.68 Å². The third-order valence-electron chi connectivity index (χ3n) is 3.97. The number of rotatable bonds is 10. The maximum Gasteiger partial charge on any atom is 0.271 e. The molecule has 27 heavy (non-hydrogen) atoms. The SMILES string of the molecule is COCCn1nc(C(=O)NCc2ccccc2OCCC(C)C)ccc1=O. The number of hydrogen-bond acceptors (Lipinski definition) is 5. The predicted molar refractivity (Wildman–Crippen MR) is 103 cm³/mol. The summed E-state index contributed by atoms with van der Waals surface area (Å²) in [4.78, 5) is 24.2. The van der Waals surface area contributed by atoms with Crippen LogP contribution in [0.3, 0.4) is 0 Å². The molecule has 0 aliphatic carbocycles. The van der Waals surface area contributed by atoms with Crippen LogP contribution in [0.4, 0.5) is 0 Å². The van der Waals surface area contributed by atoms with Crippen molar-refractivity contribution in [3.8, 4) is 5.75 Å². The standard InChI is InChI=1S/C20H27N3O4/c1-15(2)10-12-27-18-7-5-4-6-16(18)14-21-20(25)17-8-9-19(24)23(22-17)11-13-26-3/h4-9,15H,10-14H2,1-3H3,(H,21,25). The van der Waals surface area contributed by atoms with Crippen molar-refractivity contribution < 1.29 is 14.3 Å². The number of aromatic nitrogens is 2. The van der Waals surface area contributed by atoms with E-state index in [1.165, 1.54) is 16.8 Å². The normalized spacial score (nSPS) is 10.8. The number of amides is 1. The second-order valence-electron chi connectivity index (χ2n) is 6.59. The summed E-state index contributed by atoms with van der Waals surface area (Å²) in [5.41, 5.74) is 0.804. The van der Waals surface area contributed by atoms with Crippen LogP contribution in [0.2, 0.25) is 0 Å². The van der Waals surface area contributed by atoms with Crippen molar-refractivity contribution in [2.45, 2.75) is 33.4 Å². The highest BCUT2D eigenvalue weighted by molar-refractivity contribution is 5.91. The maximum absolute atomic E-state index is 12.4. The van der Waals surface area contributed by atoms with E-state index in [1.807, 2.05) is 24.3 Å². The Labute approximate surface area is 159 Å². The van der Waals surface area contributed by atoms with Crippen LogP contribution in [0.25, 0.3) is 0 Å². The van der Waals surface area contributed by atoms with E-state index in [0.717, 1.165) is 17.7 Å². The summed E-state index contributed by atoms with van der Waals surface area (Å²) in [6.45, 7) is 5.88. The van der Waals surface area contributed by atoms with E-state index in [4.69, 9.17) is 9.47 Å². The second-order valence-corrected chi connectivity index (χ2v) is 6.59. The van der Waals surface area contributed by atoms with Gasteiger partial charge in [0.15, 0.2) is 0 Å². The van der Waals surface area contributed by atoms with Crippen molar-refractivity contribution in [1.82, 2.24) is 15.1 Å². The van der Waals surface area contributed by atoms with Crippen LogP contribution in [-0.4, -0.2) is 36.0 Å². The number of para-hydroxylation sites is 1. The molecule has 0 spiro atoms. The van der Waals surface area contributed by atoms with E-state index in [2.05, 4.69) is 24.3 Å². The fourth-order valence-electron chi connectivity index (χ4n) is 2.37. The van der Waals surface area contributed by atoms with Crippen LogP contribution in [0, 0.1) is 5.92 Å². The molecule has 0 unspecified atom stereocenters. The first-order chi connectivity index (χ1) is 13.0. The van der Waals surface area contributed by atoms with Gasteiger partial charge in [0.2, 0.25) is 0 Å². The number of benzene rings is 1. The molecule has 1 N–H and O–H groups in total. The molecular weight excluding hydrogens is 346 g/mol. The van der Waals surface area contributed by atoms with Gasteiger partial charge in [-0.1, -0.05) is 32.0 Å². The molecule has 0 saturated carbocycles. The summed E-state index contributed by atoms with van der Waals surface area (Å²) in [5, 5.41) is 6.92. The minimum atomic E-state index is -0.349. The molecule has 0 aliphatic rings. The van der Waals surface area contributed by atoms with Crippen LogP contribution in [-0.2, 0) is 17.8 Å². The number of carbonyl (C=O) groups excluding carboxylic acids is 1. The molecule has 7 heteroatoms. The Bertz CT molecular complexity index is 802. The highest BCUT2D eigenvalue weighted by Crippen LogP contribution is 2.18. The quantitative estimate of drug-likeness (QED) is 0.691. The highest BCUT2D eigenvalue weighted by Gasteiger charge is 2.11. The predicted octanol–water partition coefficient (Wildman–Crippen LogP) is 2.24. The summed E-state index contributed by atoms with van der Waals surface area (Å²) < 4.78 is 12.0. The van der Waals surface area contributed by atoms with E-state index >= 15 is 0 Å². The zero-order valence-electron chi connectivity index (χ0n) is 16.1. The molecule has 0 saturated heterocycles. The summed E-state index contributed by atoms with van der Waals surface area (Å²) in [5.74, 6) is 0.978. The maximum atomic E-state index is 12.4. The largest absolute Gasteiger partial charge is 0.493 e. The lowest BCUT2D eigenvalue weighted by Crippen LogP contribution is -2.30. The molecule has 2 rings (SSSR count). The molecule has 0 aliphatic heterocycles. The molecule has 0 fully saturated rings. The van der Waals surface area contributed by atoms with Crippen molar-refractivity contribution in [1.29, 1.82) is 0 Å². The molecule has 1 aromatic carbocycles. The van der Waals surface area contributed by atoms with Crippen molar-refractivity contribution in [3.63, 3.8) is 0 Å². The van der Waals surface area contributed by atoms with Crippen molar-refractivity contribution in [2.75, 3.05) is 20.3 Å². The molecule has 1 amide bonds. The molecular formula is C20H27N3O4. The average Bonchev–Trinajstić information content (AvgIpc) is 2.66. The number of methoxy groups -OCH3 is 1. The van der Waals surface area contributed by atoms with Crippen LogP contribution >= 0.6 is 0 Å². The summed E-state index contributed by atoms with van der Waals surface area (Å²) in [7, 11) is 1.54. The van der Waals surface area contributed by atoms with E-state index in [1.54, 1.807) is 7.11 Å².